The van der Waals surface area contributed by atoms with Crippen molar-refractivity contribution in [3.05, 3.63) is 71.4 Å². The van der Waals surface area contributed by atoms with Crippen molar-refractivity contribution in [3.8, 4) is 17.2 Å². The second kappa shape index (κ2) is 9.56. The number of nitrogens with two attached hydrogens (primary N) is 1. The van der Waals surface area contributed by atoms with Crippen molar-refractivity contribution in [1.82, 2.24) is 4.98 Å². The molecule has 2 aromatic carbocycles. The fourth-order valence-corrected chi connectivity index (χ4v) is 2.81. The first kappa shape index (κ1) is 22.9. The van der Waals surface area contributed by atoms with Crippen molar-refractivity contribution in [3.63, 3.8) is 0 Å². The number of nitrogen functional groups attached to an aromatic ring is 1. The Hall–Kier alpha value is -3.79. The van der Waals surface area contributed by atoms with E-state index in [1.165, 1.54) is 18.2 Å². The van der Waals surface area contributed by atoms with Crippen LogP contribution in [0.5, 0.6) is 17.2 Å². The molecule has 0 fully saturated rings. The molecule has 0 unspecified atom stereocenters. The molecule has 7 nitrogen and oxygen atoms in total. The number of nitrogens with one attached hydrogen (secondary N) is 1. The lowest BCUT2D eigenvalue weighted by Gasteiger charge is -2.12. The molecule has 0 saturated carbocycles. The number of hydrogen-bond donors (Lipinski definition) is 2. The predicted octanol–water partition coefficient (Wildman–Crippen LogP) is 5.06. The second-order valence-electron chi connectivity index (χ2n) is 6.72. The number of anilines is 2. The van der Waals surface area contributed by atoms with Gasteiger partial charge in [-0.3, -0.25) is 4.79 Å². The number of pyridine rings is 1. The lowest BCUT2D eigenvalue weighted by Crippen LogP contribution is -2.17. The van der Waals surface area contributed by atoms with Gasteiger partial charge < -0.3 is 25.3 Å². The van der Waals surface area contributed by atoms with Crippen molar-refractivity contribution < 1.29 is 32.2 Å². The summed E-state index contributed by atoms with van der Waals surface area (Å²) >= 11 is 0. The SMILES string of the molecule is COCc1nc(N)c(C(=O)Nc2ccc(Oc3cccc(OC(F)(F)F)c3)cc2)cc1C. The van der Waals surface area contributed by atoms with Gasteiger partial charge in [-0.1, -0.05) is 6.07 Å². The number of aryl methyl sites for hydroxylation is 1. The first-order valence-corrected chi connectivity index (χ1v) is 9.34. The summed E-state index contributed by atoms with van der Waals surface area (Å²) in [7, 11) is 1.54. The van der Waals surface area contributed by atoms with E-state index in [0.717, 1.165) is 11.6 Å². The molecule has 32 heavy (non-hydrogen) atoms. The van der Waals surface area contributed by atoms with Crippen LogP contribution in [0, 0.1) is 6.92 Å². The number of rotatable bonds is 7. The third-order valence-corrected chi connectivity index (χ3v) is 4.26. The molecule has 1 aromatic heterocycles. The molecule has 0 aliphatic carbocycles. The Morgan fingerprint density at radius 1 is 1.06 bits per heavy atom. The van der Waals surface area contributed by atoms with E-state index in [9.17, 15) is 18.0 Å². The van der Waals surface area contributed by atoms with E-state index in [2.05, 4.69) is 15.0 Å². The number of amides is 1. The molecule has 0 bridgehead atoms. The van der Waals surface area contributed by atoms with E-state index in [0.29, 0.717) is 17.1 Å². The Morgan fingerprint density at radius 2 is 1.75 bits per heavy atom. The summed E-state index contributed by atoms with van der Waals surface area (Å²) in [4.78, 5) is 16.8. The zero-order valence-electron chi connectivity index (χ0n) is 17.2. The normalized spacial score (nSPS) is 11.2. The number of carbonyl (C=O) groups is 1. The fourth-order valence-electron chi connectivity index (χ4n) is 2.81. The zero-order chi connectivity index (χ0) is 23.3. The molecular formula is C22H20F3N3O4. The van der Waals surface area contributed by atoms with Crippen LogP contribution in [0.15, 0.2) is 54.6 Å². The van der Waals surface area contributed by atoms with Gasteiger partial charge in [0.15, 0.2) is 0 Å². The predicted molar refractivity (Wildman–Crippen MR) is 112 cm³/mol. The minimum absolute atomic E-state index is 0.0843. The molecule has 168 valence electrons. The Bertz CT molecular complexity index is 1100. The molecule has 3 aromatic rings. The van der Waals surface area contributed by atoms with Gasteiger partial charge in [0.25, 0.3) is 5.91 Å². The van der Waals surface area contributed by atoms with Crippen LogP contribution in [0.3, 0.4) is 0 Å². The minimum atomic E-state index is -4.79. The quantitative estimate of drug-likeness (QED) is 0.526. The first-order valence-electron chi connectivity index (χ1n) is 9.34. The second-order valence-corrected chi connectivity index (χ2v) is 6.72. The van der Waals surface area contributed by atoms with Gasteiger partial charge in [-0.05, 0) is 55.0 Å². The summed E-state index contributed by atoms with van der Waals surface area (Å²) in [6, 6.07) is 13.1. The zero-order valence-corrected chi connectivity index (χ0v) is 17.2. The largest absolute Gasteiger partial charge is 0.573 e. The molecule has 0 saturated heterocycles. The molecular weight excluding hydrogens is 427 g/mol. The molecule has 0 spiro atoms. The number of halogens is 3. The number of alkyl halides is 3. The maximum Gasteiger partial charge on any atom is 0.573 e. The lowest BCUT2D eigenvalue weighted by atomic mass is 10.1. The minimum Gasteiger partial charge on any atom is -0.457 e. The number of benzene rings is 2. The molecule has 0 radical (unpaired) electrons. The van der Waals surface area contributed by atoms with Gasteiger partial charge in [0.1, 0.15) is 23.1 Å². The smallest absolute Gasteiger partial charge is 0.457 e. The fraction of sp³-hybridized carbons (Fsp3) is 0.182. The van der Waals surface area contributed by atoms with Gasteiger partial charge in [-0.15, -0.1) is 13.2 Å². The summed E-state index contributed by atoms with van der Waals surface area (Å²) in [6.07, 6.45) is -4.79. The summed E-state index contributed by atoms with van der Waals surface area (Å²) in [5.74, 6) is -0.229. The van der Waals surface area contributed by atoms with Gasteiger partial charge in [-0.25, -0.2) is 4.98 Å². The molecule has 3 rings (SSSR count). The highest BCUT2D eigenvalue weighted by atomic mass is 19.4. The highest BCUT2D eigenvalue weighted by molar-refractivity contribution is 6.07. The Balaban J connectivity index is 1.67. The van der Waals surface area contributed by atoms with E-state index in [-0.39, 0.29) is 23.7 Å². The molecule has 1 amide bonds. The first-order chi connectivity index (χ1) is 15.1. The number of ether oxygens (including phenoxy) is 3. The van der Waals surface area contributed by atoms with Crippen LogP contribution < -0.4 is 20.5 Å². The van der Waals surface area contributed by atoms with Crippen LogP contribution in [0.4, 0.5) is 24.7 Å². The summed E-state index contributed by atoms with van der Waals surface area (Å²) < 4.78 is 51.5. The van der Waals surface area contributed by atoms with Crippen LogP contribution >= 0.6 is 0 Å². The highest BCUT2D eigenvalue weighted by Gasteiger charge is 2.31. The number of aromatic nitrogens is 1. The van der Waals surface area contributed by atoms with Crippen molar-refractivity contribution in [2.45, 2.75) is 19.9 Å². The van der Waals surface area contributed by atoms with Gasteiger partial charge in [0.05, 0.1) is 17.9 Å². The standard InChI is InChI=1S/C22H20F3N3O4/c1-13-10-18(20(26)28-19(13)12-30-2)21(29)27-14-6-8-15(9-7-14)31-16-4-3-5-17(11-16)32-22(23,24)25/h3-11H,12H2,1-2H3,(H2,26,28)(H,27,29). The molecule has 0 aliphatic heterocycles. The van der Waals surface area contributed by atoms with Crippen molar-refractivity contribution in [2.75, 3.05) is 18.2 Å². The maximum absolute atomic E-state index is 12.6. The van der Waals surface area contributed by atoms with Crippen LogP contribution in [-0.4, -0.2) is 24.4 Å². The summed E-state index contributed by atoms with van der Waals surface area (Å²) in [5, 5.41) is 2.71. The molecule has 3 N–H and O–H groups in total. The van der Waals surface area contributed by atoms with Crippen molar-refractivity contribution in [2.24, 2.45) is 0 Å². The summed E-state index contributed by atoms with van der Waals surface area (Å²) in [6.45, 7) is 2.09. The highest BCUT2D eigenvalue weighted by Crippen LogP contribution is 2.29. The van der Waals surface area contributed by atoms with E-state index in [1.807, 2.05) is 0 Å². The molecule has 0 atom stereocenters. The van der Waals surface area contributed by atoms with E-state index < -0.39 is 18.0 Å². The van der Waals surface area contributed by atoms with Crippen molar-refractivity contribution in [1.29, 1.82) is 0 Å². The monoisotopic (exact) mass is 447 g/mol. The summed E-state index contributed by atoms with van der Waals surface area (Å²) in [5.41, 5.74) is 8.02. The van der Waals surface area contributed by atoms with Gasteiger partial charge in [-0.2, -0.15) is 0 Å². The Kier molecular flexibility index (Phi) is 6.84. The third kappa shape index (κ3) is 6.11. The molecule has 10 heteroatoms. The van der Waals surface area contributed by atoms with E-state index in [1.54, 1.807) is 44.4 Å². The topological polar surface area (TPSA) is 95.7 Å². The number of carbonyl (C=O) groups excluding carboxylic acids is 1. The Labute approximate surface area is 181 Å². The van der Waals surface area contributed by atoms with Gasteiger partial charge >= 0.3 is 6.36 Å². The average Bonchev–Trinajstić information content (AvgIpc) is 2.71. The van der Waals surface area contributed by atoms with Crippen LogP contribution in [0.25, 0.3) is 0 Å². The van der Waals surface area contributed by atoms with Crippen molar-refractivity contribution >= 4 is 17.4 Å². The third-order valence-electron chi connectivity index (χ3n) is 4.26. The number of nitrogens with zero attached hydrogens (tertiary/aromatic N) is 1. The van der Waals surface area contributed by atoms with Gasteiger partial charge in [0.2, 0.25) is 0 Å². The van der Waals surface area contributed by atoms with Crippen LogP contribution in [0.2, 0.25) is 0 Å². The van der Waals surface area contributed by atoms with E-state index >= 15 is 0 Å². The maximum atomic E-state index is 12.6. The van der Waals surface area contributed by atoms with Crippen LogP contribution in [0.1, 0.15) is 21.6 Å². The van der Waals surface area contributed by atoms with E-state index in [4.69, 9.17) is 15.2 Å². The lowest BCUT2D eigenvalue weighted by molar-refractivity contribution is -0.274. The Morgan fingerprint density at radius 3 is 2.41 bits per heavy atom. The number of methoxy groups -OCH3 is 1. The molecule has 1 heterocycles. The van der Waals surface area contributed by atoms with Gasteiger partial charge in [0, 0.05) is 18.9 Å². The average molecular weight is 447 g/mol. The molecule has 0 aliphatic rings. The number of hydrogen-bond acceptors (Lipinski definition) is 6. The van der Waals surface area contributed by atoms with Crippen LogP contribution in [-0.2, 0) is 11.3 Å².